The summed E-state index contributed by atoms with van der Waals surface area (Å²) in [6.07, 6.45) is 1.03. The Morgan fingerprint density at radius 1 is 1.39 bits per heavy atom. The van der Waals surface area contributed by atoms with Crippen LogP contribution in [0.25, 0.3) is 10.6 Å². The van der Waals surface area contributed by atoms with Crippen LogP contribution in [0.4, 0.5) is 5.82 Å². The van der Waals surface area contributed by atoms with Gasteiger partial charge in [-0.25, -0.2) is 0 Å². The molecule has 0 bridgehead atoms. The Bertz CT molecular complexity index is 539. The summed E-state index contributed by atoms with van der Waals surface area (Å²) >= 11 is 5.10. The molecule has 2 aromatic heterocycles. The molecule has 0 amide bonds. The van der Waals surface area contributed by atoms with Crippen molar-refractivity contribution in [3.8, 4) is 10.6 Å². The molecule has 2 N–H and O–H groups in total. The fourth-order valence-corrected chi connectivity index (χ4v) is 3.46. The number of hydrogen-bond donors (Lipinski definition) is 1. The van der Waals surface area contributed by atoms with Gasteiger partial charge in [-0.15, -0.1) is 21.5 Å². The van der Waals surface area contributed by atoms with E-state index in [0.717, 1.165) is 40.4 Å². The maximum atomic E-state index is 5.89. The van der Waals surface area contributed by atoms with Crippen LogP contribution in [0.5, 0.6) is 0 Å². The number of hydrogen-bond acceptors (Lipinski definition) is 5. The molecular formula is C12H13BrN4S. The summed E-state index contributed by atoms with van der Waals surface area (Å²) in [7, 11) is 0. The van der Waals surface area contributed by atoms with Crippen LogP contribution in [-0.4, -0.2) is 29.3 Å². The second kappa shape index (κ2) is 4.95. The minimum absolute atomic E-state index is 0.264. The highest BCUT2D eigenvalue weighted by Crippen LogP contribution is 2.28. The smallest absolute Gasteiger partial charge is 0.151 e. The zero-order valence-electron chi connectivity index (χ0n) is 9.71. The molecule has 1 aliphatic rings. The highest BCUT2D eigenvalue weighted by Gasteiger charge is 2.20. The molecule has 1 atom stereocenters. The van der Waals surface area contributed by atoms with E-state index in [1.807, 2.05) is 17.5 Å². The van der Waals surface area contributed by atoms with Crippen LogP contribution in [0.2, 0.25) is 0 Å². The predicted octanol–water partition coefficient (Wildman–Crippen LogP) is 2.51. The molecule has 2 aromatic rings. The van der Waals surface area contributed by atoms with Crippen molar-refractivity contribution in [2.75, 3.05) is 18.0 Å². The zero-order chi connectivity index (χ0) is 12.5. The van der Waals surface area contributed by atoms with Crippen molar-refractivity contribution in [3.05, 3.63) is 28.1 Å². The Morgan fingerprint density at radius 3 is 2.83 bits per heavy atom. The molecule has 0 spiro atoms. The molecule has 0 saturated carbocycles. The Kier molecular flexibility index (Phi) is 3.32. The number of halogens is 1. The van der Waals surface area contributed by atoms with Crippen molar-refractivity contribution in [1.82, 2.24) is 10.2 Å². The van der Waals surface area contributed by atoms with Crippen molar-refractivity contribution in [2.45, 2.75) is 12.5 Å². The number of nitrogens with two attached hydrogens (primary N) is 1. The van der Waals surface area contributed by atoms with Crippen molar-refractivity contribution >= 4 is 33.1 Å². The van der Waals surface area contributed by atoms with Gasteiger partial charge in [-0.2, -0.15) is 0 Å². The summed E-state index contributed by atoms with van der Waals surface area (Å²) < 4.78 is 1.08. The van der Waals surface area contributed by atoms with Crippen LogP contribution in [0.1, 0.15) is 6.42 Å². The fraction of sp³-hybridized carbons (Fsp3) is 0.333. The largest absolute Gasteiger partial charge is 0.354 e. The molecule has 3 rings (SSSR count). The van der Waals surface area contributed by atoms with E-state index < -0.39 is 0 Å². The summed E-state index contributed by atoms with van der Waals surface area (Å²) in [5.41, 5.74) is 6.81. The standard InChI is InChI=1S/C12H13BrN4S/c13-8-5-11(18-7-8)10-1-2-12(16-15-10)17-4-3-9(14)6-17/h1-2,5,7,9H,3-4,6,14H2. The Morgan fingerprint density at radius 2 is 2.28 bits per heavy atom. The van der Waals surface area contributed by atoms with E-state index in [4.69, 9.17) is 5.73 Å². The second-order valence-corrected chi connectivity index (χ2v) is 6.23. The Hall–Kier alpha value is -0.980. The van der Waals surface area contributed by atoms with Gasteiger partial charge in [0, 0.05) is 29.0 Å². The summed E-state index contributed by atoms with van der Waals surface area (Å²) in [5, 5.41) is 10.6. The maximum Gasteiger partial charge on any atom is 0.151 e. The van der Waals surface area contributed by atoms with Crippen LogP contribution in [0, 0.1) is 0 Å². The summed E-state index contributed by atoms with van der Waals surface area (Å²) in [4.78, 5) is 3.31. The van der Waals surface area contributed by atoms with Gasteiger partial charge in [0.15, 0.2) is 5.82 Å². The summed E-state index contributed by atoms with van der Waals surface area (Å²) in [6.45, 7) is 1.85. The minimum atomic E-state index is 0.264. The third-order valence-electron chi connectivity index (χ3n) is 3.02. The number of anilines is 1. The van der Waals surface area contributed by atoms with Crippen LogP contribution < -0.4 is 10.6 Å². The van der Waals surface area contributed by atoms with Gasteiger partial charge in [-0.1, -0.05) is 0 Å². The predicted molar refractivity (Wildman–Crippen MR) is 77.9 cm³/mol. The first-order valence-corrected chi connectivity index (χ1v) is 7.48. The van der Waals surface area contributed by atoms with Gasteiger partial charge < -0.3 is 10.6 Å². The third-order valence-corrected chi connectivity index (χ3v) is 4.73. The van der Waals surface area contributed by atoms with Gasteiger partial charge in [0.05, 0.1) is 4.88 Å². The lowest BCUT2D eigenvalue weighted by Gasteiger charge is -2.15. The van der Waals surface area contributed by atoms with E-state index in [-0.39, 0.29) is 6.04 Å². The fourth-order valence-electron chi connectivity index (χ4n) is 2.07. The molecule has 94 valence electrons. The van der Waals surface area contributed by atoms with Gasteiger partial charge in [0.1, 0.15) is 5.69 Å². The molecule has 4 nitrogen and oxygen atoms in total. The van der Waals surface area contributed by atoms with E-state index in [2.05, 4.69) is 37.1 Å². The van der Waals surface area contributed by atoms with Crippen LogP contribution >= 0.6 is 27.3 Å². The maximum absolute atomic E-state index is 5.89. The van der Waals surface area contributed by atoms with Gasteiger partial charge in [0.2, 0.25) is 0 Å². The minimum Gasteiger partial charge on any atom is -0.354 e. The van der Waals surface area contributed by atoms with E-state index in [0.29, 0.717) is 0 Å². The van der Waals surface area contributed by atoms with E-state index in [9.17, 15) is 0 Å². The molecular weight excluding hydrogens is 312 g/mol. The topological polar surface area (TPSA) is 55.0 Å². The molecule has 1 aliphatic heterocycles. The number of nitrogens with zero attached hydrogens (tertiary/aromatic N) is 3. The third kappa shape index (κ3) is 2.41. The van der Waals surface area contributed by atoms with E-state index >= 15 is 0 Å². The molecule has 18 heavy (non-hydrogen) atoms. The summed E-state index contributed by atoms with van der Waals surface area (Å²) in [6, 6.07) is 6.36. The van der Waals surface area contributed by atoms with Crippen molar-refractivity contribution in [2.24, 2.45) is 5.73 Å². The molecule has 3 heterocycles. The highest BCUT2D eigenvalue weighted by molar-refractivity contribution is 9.10. The zero-order valence-corrected chi connectivity index (χ0v) is 12.1. The molecule has 0 aromatic carbocycles. The molecule has 6 heteroatoms. The second-order valence-electron chi connectivity index (χ2n) is 4.40. The number of aromatic nitrogens is 2. The van der Waals surface area contributed by atoms with Crippen molar-refractivity contribution in [3.63, 3.8) is 0 Å². The molecule has 0 radical (unpaired) electrons. The quantitative estimate of drug-likeness (QED) is 0.922. The first-order valence-electron chi connectivity index (χ1n) is 5.81. The van der Waals surface area contributed by atoms with Gasteiger partial charge in [0.25, 0.3) is 0 Å². The van der Waals surface area contributed by atoms with Gasteiger partial charge >= 0.3 is 0 Å². The lowest BCUT2D eigenvalue weighted by molar-refractivity contribution is 0.750. The molecule has 1 unspecified atom stereocenters. The molecule has 1 saturated heterocycles. The number of rotatable bonds is 2. The average Bonchev–Trinajstić information content (AvgIpc) is 2.98. The van der Waals surface area contributed by atoms with Crippen molar-refractivity contribution in [1.29, 1.82) is 0 Å². The lowest BCUT2D eigenvalue weighted by atomic mass is 10.3. The average molecular weight is 325 g/mol. The highest BCUT2D eigenvalue weighted by atomic mass is 79.9. The first-order chi connectivity index (χ1) is 8.72. The molecule has 1 fully saturated rings. The van der Waals surface area contributed by atoms with Gasteiger partial charge in [-0.05, 0) is 40.5 Å². The van der Waals surface area contributed by atoms with E-state index in [1.165, 1.54) is 0 Å². The number of thiophene rings is 1. The van der Waals surface area contributed by atoms with Crippen molar-refractivity contribution < 1.29 is 0 Å². The normalized spacial score (nSPS) is 19.4. The summed E-state index contributed by atoms with van der Waals surface area (Å²) in [5.74, 6) is 0.919. The van der Waals surface area contributed by atoms with Crippen LogP contribution in [0.3, 0.4) is 0 Å². The Balaban J connectivity index is 1.81. The van der Waals surface area contributed by atoms with Crippen LogP contribution in [-0.2, 0) is 0 Å². The lowest BCUT2D eigenvalue weighted by Crippen LogP contribution is -2.26. The van der Waals surface area contributed by atoms with Gasteiger partial charge in [-0.3, -0.25) is 0 Å². The molecule has 0 aliphatic carbocycles. The Labute approximate surface area is 118 Å². The van der Waals surface area contributed by atoms with E-state index in [1.54, 1.807) is 11.3 Å². The first kappa shape index (κ1) is 12.1. The monoisotopic (exact) mass is 324 g/mol. The van der Waals surface area contributed by atoms with Crippen LogP contribution in [0.15, 0.2) is 28.1 Å². The SMILES string of the molecule is NC1CCN(c2ccc(-c3cc(Br)cs3)nn2)C1.